The van der Waals surface area contributed by atoms with E-state index < -0.39 is 5.97 Å². The van der Waals surface area contributed by atoms with E-state index in [0.717, 1.165) is 49.2 Å². The summed E-state index contributed by atoms with van der Waals surface area (Å²) in [5, 5.41) is 14.4. The van der Waals surface area contributed by atoms with Crippen LogP contribution in [0.15, 0.2) is 48.7 Å². The van der Waals surface area contributed by atoms with Crippen molar-refractivity contribution in [3.63, 3.8) is 0 Å². The first kappa shape index (κ1) is 24.9. The van der Waals surface area contributed by atoms with Crippen LogP contribution in [0.4, 0.5) is 11.4 Å². The topological polar surface area (TPSA) is 89.0 Å². The van der Waals surface area contributed by atoms with Gasteiger partial charge in [-0.3, -0.25) is 14.7 Å². The first-order valence-corrected chi connectivity index (χ1v) is 12.0. The molecule has 9 heteroatoms. The summed E-state index contributed by atoms with van der Waals surface area (Å²) in [6.45, 7) is 4.92. The van der Waals surface area contributed by atoms with Crippen molar-refractivity contribution >= 4 is 45.8 Å². The van der Waals surface area contributed by atoms with Crippen molar-refractivity contribution in [2.24, 2.45) is 0 Å². The van der Waals surface area contributed by atoms with Crippen LogP contribution in [-0.4, -0.2) is 90.0 Å². The van der Waals surface area contributed by atoms with E-state index in [-0.39, 0.29) is 11.5 Å². The Morgan fingerprint density at radius 3 is 2.51 bits per heavy atom. The fourth-order valence-corrected chi connectivity index (χ4v) is 4.47. The van der Waals surface area contributed by atoms with E-state index in [2.05, 4.69) is 34.2 Å². The predicted molar refractivity (Wildman–Crippen MR) is 139 cm³/mol. The highest BCUT2D eigenvalue weighted by molar-refractivity contribution is 6.31. The minimum absolute atomic E-state index is 0.0575. The normalized spacial score (nSPS) is 14.5. The van der Waals surface area contributed by atoms with Crippen LogP contribution in [0.3, 0.4) is 0 Å². The SMILES string of the molecule is CN(C)CCCN1CCN(C(=O)c2cc(Nc3ccnc4cc(Cl)ccc34)cc(C(=O)O)c2)CC1. The summed E-state index contributed by atoms with van der Waals surface area (Å²) < 4.78 is 0. The molecule has 0 spiro atoms. The molecule has 0 radical (unpaired) electrons. The van der Waals surface area contributed by atoms with Crippen LogP contribution in [0.5, 0.6) is 0 Å². The second-order valence-electron chi connectivity index (χ2n) is 9.04. The van der Waals surface area contributed by atoms with Gasteiger partial charge >= 0.3 is 5.97 Å². The van der Waals surface area contributed by atoms with E-state index in [1.807, 2.05) is 6.07 Å². The summed E-state index contributed by atoms with van der Waals surface area (Å²) in [7, 11) is 4.13. The lowest BCUT2D eigenvalue weighted by atomic mass is 10.1. The largest absolute Gasteiger partial charge is 0.478 e. The summed E-state index contributed by atoms with van der Waals surface area (Å²) >= 11 is 6.09. The number of halogens is 1. The van der Waals surface area contributed by atoms with Crippen molar-refractivity contribution in [2.75, 3.05) is 58.7 Å². The van der Waals surface area contributed by atoms with Crippen LogP contribution in [0.25, 0.3) is 10.9 Å². The number of amides is 1. The molecule has 0 saturated carbocycles. The molecule has 0 unspecified atom stereocenters. The second-order valence-corrected chi connectivity index (χ2v) is 9.48. The molecule has 8 nitrogen and oxygen atoms in total. The molecular formula is C26H30ClN5O3. The highest BCUT2D eigenvalue weighted by Gasteiger charge is 2.23. The van der Waals surface area contributed by atoms with Crippen LogP contribution in [-0.2, 0) is 0 Å². The quantitative estimate of drug-likeness (QED) is 0.487. The van der Waals surface area contributed by atoms with Crippen molar-refractivity contribution in [3.05, 3.63) is 64.8 Å². The Labute approximate surface area is 210 Å². The average Bonchev–Trinajstić information content (AvgIpc) is 2.83. The summed E-state index contributed by atoms with van der Waals surface area (Å²) in [4.78, 5) is 35.8. The number of aromatic carboxylic acids is 1. The molecule has 1 saturated heterocycles. The lowest BCUT2D eigenvalue weighted by molar-refractivity contribution is 0.0634. The molecule has 3 aromatic rings. The molecule has 4 rings (SSSR count). The first-order valence-electron chi connectivity index (χ1n) is 11.7. The van der Waals surface area contributed by atoms with Gasteiger partial charge in [0.1, 0.15) is 0 Å². The van der Waals surface area contributed by atoms with Gasteiger partial charge in [-0.25, -0.2) is 4.79 Å². The minimum Gasteiger partial charge on any atom is -0.478 e. The van der Waals surface area contributed by atoms with Crippen LogP contribution in [0.2, 0.25) is 5.02 Å². The molecule has 1 amide bonds. The Hall–Kier alpha value is -3.20. The van der Waals surface area contributed by atoms with Gasteiger partial charge in [-0.15, -0.1) is 0 Å². The number of pyridine rings is 1. The third kappa shape index (κ3) is 6.28. The van der Waals surface area contributed by atoms with Crippen molar-refractivity contribution in [1.29, 1.82) is 0 Å². The lowest BCUT2D eigenvalue weighted by Crippen LogP contribution is -2.49. The van der Waals surface area contributed by atoms with E-state index in [4.69, 9.17) is 11.6 Å². The van der Waals surface area contributed by atoms with Gasteiger partial charge in [-0.2, -0.15) is 0 Å². The maximum absolute atomic E-state index is 13.3. The molecule has 1 aliphatic rings. The molecule has 0 bridgehead atoms. The number of rotatable bonds is 8. The van der Waals surface area contributed by atoms with Gasteiger partial charge in [0.2, 0.25) is 0 Å². The number of hydrogen-bond donors (Lipinski definition) is 2. The number of nitrogens with one attached hydrogen (secondary N) is 1. The molecule has 0 atom stereocenters. The number of benzene rings is 2. The Bertz CT molecular complexity index is 1220. The van der Waals surface area contributed by atoms with E-state index in [1.54, 1.807) is 35.4 Å². The minimum atomic E-state index is -1.08. The summed E-state index contributed by atoms with van der Waals surface area (Å²) in [6.07, 6.45) is 2.75. The lowest BCUT2D eigenvalue weighted by Gasteiger charge is -2.35. The van der Waals surface area contributed by atoms with Crippen LogP contribution in [0.1, 0.15) is 27.1 Å². The number of carbonyl (C=O) groups excluding carboxylic acids is 1. The maximum Gasteiger partial charge on any atom is 0.335 e. The zero-order chi connectivity index (χ0) is 24.9. The van der Waals surface area contributed by atoms with Crippen molar-refractivity contribution in [1.82, 2.24) is 19.7 Å². The van der Waals surface area contributed by atoms with Gasteiger partial charge in [-0.1, -0.05) is 11.6 Å². The van der Waals surface area contributed by atoms with Crippen molar-refractivity contribution < 1.29 is 14.7 Å². The van der Waals surface area contributed by atoms with Gasteiger partial charge < -0.3 is 20.2 Å². The number of carbonyl (C=O) groups is 2. The number of hydrogen-bond acceptors (Lipinski definition) is 6. The number of anilines is 2. The zero-order valence-electron chi connectivity index (χ0n) is 20.0. The smallest absolute Gasteiger partial charge is 0.335 e. The Morgan fingerprint density at radius 2 is 1.80 bits per heavy atom. The molecule has 0 aliphatic carbocycles. The number of piperazine rings is 1. The summed E-state index contributed by atoms with van der Waals surface area (Å²) in [5.41, 5.74) is 2.41. The molecule has 1 aliphatic heterocycles. The summed E-state index contributed by atoms with van der Waals surface area (Å²) in [5.74, 6) is -1.24. The molecule has 1 aromatic heterocycles. The van der Waals surface area contributed by atoms with Gasteiger partial charge in [0.25, 0.3) is 5.91 Å². The first-order chi connectivity index (χ1) is 16.8. The Morgan fingerprint density at radius 1 is 1.06 bits per heavy atom. The van der Waals surface area contributed by atoms with Crippen molar-refractivity contribution in [2.45, 2.75) is 6.42 Å². The molecule has 2 heterocycles. The number of carboxylic acid groups (broad SMARTS) is 1. The van der Waals surface area contributed by atoms with Gasteiger partial charge in [0.05, 0.1) is 11.1 Å². The monoisotopic (exact) mass is 495 g/mol. The van der Waals surface area contributed by atoms with Crippen LogP contribution in [0, 0.1) is 0 Å². The van der Waals surface area contributed by atoms with Gasteiger partial charge in [0, 0.05) is 59.7 Å². The molecule has 2 aromatic carbocycles. The van der Waals surface area contributed by atoms with Gasteiger partial charge in [-0.05, 0) is 76.1 Å². The number of aromatic nitrogens is 1. The third-order valence-electron chi connectivity index (χ3n) is 6.15. The van der Waals surface area contributed by atoms with Gasteiger partial charge in [0.15, 0.2) is 0 Å². The third-order valence-corrected chi connectivity index (χ3v) is 6.38. The van der Waals surface area contributed by atoms with Crippen LogP contribution < -0.4 is 5.32 Å². The standard InChI is InChI=1S/C26H30ClN5O3/c1-30(2)8-3-9-31-10-12-32(13-11-31)25(33)18-14-19(26(34)35)16-21(15-18)29-23-6-7-28-24-17-20(27)4-5-22(23)24/h4-7,14-17H,3,8-13H2,1-2H3,(H,28,29)(H,34,35). The number of nitrogens with zero attached hydrogens (tertiary/aromatic N) is 4. The molecule has 1 fully saturated rings. The van der Waals surface area contributed by atoms with Crippen molar-refractivity contribution in [3.8, 4) is 0 Å². The average molecular weight is 496 g/mol. The highest BCUT2D eigenvalue weighted by atomic mass is 35.5. The van der Waals surface area contributed by atoms with E-state index in [9.17, 15) is 14.7 Å². The fraction of sp³-hybridized carbons (Fsp3) is 0.346. The van der Waals surface area contributed by atoms with E-state index >= 15 is 0 Å². The Kier molecular flexibility index (Phi) is 7.85. The molecule has 2 N–H and O–H groups in total. The maximum atomic E-state index is 13.3. The van der Waals surface area contributed by atoms with Crippen LogP contribution >= 0.6 is 11.6 Å². The fourth-order valence-electron chi connectivity index (χ4n) is 4.30. The molecule has 184 valence electrons. The summed E-state index contributed by atoms with van der Waals surface area (Å²) in [6, 6.07) is 11.9. The van der Waals surface area contributed by atoms with E-state index in [1.165, 1.54) is 12.1 Å². The second kappa shape index (κ2) is 11.0. The highest BCUT2D eigenvalue weighted by Crippen LogP contribution is 2.28. The zero-order valence-corrected chi connectivity index (χ0v) is 20.8. The molecule has 35 heavy (non-hydrogen) atoms. The number of carboxylic acids is 1. The number of fused-ring (bicyclic) bond motifs is 1. The molecular weight excluding hydrogens is 466 g/mol. The Balaban J connectivity index is 1.51. The predicted octanol–water partition coefficient (Wildman–Crippen LogP) is 4.04. The van der Waals surface area contributed by atoms with E-state index in [0.29, 0.717) is 29.4 Å².